The highest BCUT2D eigenvalue weighted by Gasteiger charge is 2.31. The van der Waals surface area contributed by atoms with E-state index < -0.39 is 0 Å². The fourth-order valence-electron chi connectivity index (χ4n) is 2.87. The molecule has 1 aliphatic rings. The first-order valence-corrected chi connectivity index (χ1v) is 7.90. The van der Waals surface area contributed by atoms with Crippen molar-refractivity contribution in [2.45, 2.75) is 32.4 Å². The van der Waals surface area contributed by atoms with Crippen LogP contribution < -0.4 is 5.32 Å². The summed E-state index contributed by atoms with van der Waals surface area (Å²) in [6, 6.07) is 2.74. The van der Waals surface area contributed by atoms with Crippen molar-refractivity contribution in [3.05, 3.63) is 39.9 Å². The maximum atomic E-state index is 4.45. The summed E-state index contributed by atoms with van der Waals surface area (Å²) in [5.74, 6) is 0.821. The molecule has 108 valence electrons. The van der Waals surface area contributed by atoms with Crippen LogP contribution in [0.2, 0.25) is 0 Å². The van der Waals surface area contributed by atoms with Gasteiger partial charge in [-0.05, 0) is 60.3 Å². The molecule has 0 amide bonds. The van der Waals surface area contributed by atoms with Gasteiger partial charge in [-0.2, -0.15) is 5.10 Å². The molecular weight excluding hydrogens is 316 g/mol. The van der Waals surface area contributed by atoms with E-state index in [1.54, 1.807) is 0 Å². The molecule has 0 aromatic carbocycles. The molecule has 5 heteroatoms. The van der Waals surface area contributed by atoms with E-state index in [1.165, 1.54) is 24.1 Å². The van der Waals surface area contributed by atoms with Gasteiger partial charge in [0.2, 0.25) is 0 Å². The largest absolute Gasteiger partial charge is 0.348 e. The number of hydrogen-bond acceptors (Lipinski definition) is 2. The minimum absolute atomic E-state index is 0.507. The summed E-state index contributed by atoms with van der Waals surface area (Å²) in [7, 11) is 4.06. The molecule has 4 nitrogen and oxygen atoms in total. The van der Waals surface area contributed by atoms with E-state index in [0.717, 1.165) is 22.6 Å². The van der Waals surface area contributed by atoms with Crippen molar-refractivity contribution >= 4 is 15.9 Å². The number of rotatable bonds is 5. The van der Waals surface area contributed by atoms with E-state index >= 15 is 0 Å². The van der Waals surface area contributed by atoms with Crippen molar-refractivity contribution < 1.29 is 0 Å². The second-order valence-electron chi connectivity index (χ2n) is 5.69. The lowest BCUT2D eigenvalue weighted by molar-refractivity contribution is 0.527. The maximum absolute atomic E-state index is 4.45. The van der Waals surface area contributed by atoms with Crippen molar-refractivity contribution in [2.24, 2.45) is 13.0 Å². The highest BCUT2D eigenvalue weighted by atomic mass is 79.9. The van der Waals surface area contributed by atoms with Gasteiger partial charge >= 0.3 is 0 Å². The van der Waals surface area contributed by atoms with E-state index in [0.29, 0.717) is 6.04 Å². The molecule has 1 N–H and O–H groups in total. The van der Waals surface area contributed by atoms with Crippen LogP contribution in [0.5, 0.6) is 0 Å². The summed E-state index contributed by atoms with van der Waals surface area (Å²) in [6.45, 7) is 2.87. The van der Waals surface area contributed by atoms with Crippen molar-refractivity contribution in [3.63, 3.8) is 0 Å². The third-order valence-electron chi connectivity index (χ3n) is 4.13. The van der Waals surface area contributed by atoms with Crippen LogP contribution in [-0.4, -0.2) is 21.4 Å². The van der Waals surface area contributed by atoms with E-state index in [-0.39, 0.29) is 0 Å². The van der Waals surface area contributed by atoms with Gasteiger partial charge < -0.3 is 9.88 Å². The lowest BCUT2D eigenvalue weighted by Crippen LogP contribution is -2.17. The lowest BCUT2D eigenvalue weighted by atomic mass is 10.1. The zero-order valence-corrected chi connectivity index (χ0v) is 13.8. The van der Waals surface area contributed by atoms with Crippen LogP contribution in [0.25, 0.3) is 0 Å². The predicted octanol–water partition coefficient (Wildman–Crippen LogP) is 3.01. The van der Waals surface area contributed by atoms with Crippen LogP contribution in [0.15, 0.2) is 22.9 Å². The van der Waals surface area contributed by atoms with Gasteiger partial charge in [0.25, 0.3) is 0 Å². The van der Waals surface area contributed by atoms with Crippen molar-refractivity contribution in [2.75, 3.05) is 7.05 Å². The zero-order valence-electron chi connectivity index (χ0n) is 12.2. The van der Waals surface area contributed by atoms with Crippen LogP contribution in [-0.2, 0) is 13.6 Å². The summed E-state index contributed by atoms with van der Waals surface area (Å²) >= 11 is 3.63. The second kappa shape index (κ2) is 5.37. The summed E-state index contributed by atoms with van der Waals surface area (Å²) in [6.07, 6.45) is 7.12. The Kier molecular flexibility index (Phi) is 3.73. The Labute approximate surface area is 128 Å². The molecule has 1 fully saturated rings. The van der Waals surface area contributed by atoms with Gasteiger partial charge in [-0.25, -0.2) is 0 Å². The minimum atomic E-state index is 0.507. The molecule has 0 saturated heterocycles. The Morgan fingerprint density at radius 1 is 1.50 bits per heavy atom. The number of aryl methyl sites for hydroxylation is 2. The summed E-state index contributed by atoms with van der Waals surface area (Å²) < 4.78 is 5.31. The Balaban J connectivity index is 1.80. The minimum Gasteiger partial charge on any atom is -0.348 e. The number of nitrogens with zero attached hydrogens (tertiary/aromatic N) is 3. The van der Waals surface area contributed by atoms with Crippen LogP contribution in [0.1, 0.15) is 35.8 Å². The zero-order chi connectivity index (χ0) is 14.3. The first kappa shape index (κ1) is 13.9. The summed E-state index contributed by atoms with van der Waals surface area (Å²) in [4.78, 5) is 0. The molecule has 1 unspecified atom stereocenters. The Hall–Kier alpha value is -1.07. The maximum Gasteiger partial charge on any atom is 0.0739 e. The molecule has 1 aliphatic carbocycles. The molecule has 0 aliphatic heterocycles. The molecule has 20 heavy (non-hydrogen) atoms. The molecule has 2 aromatic heterocycles. The van der Waals surface area contributed by atoms with Crippen LogP contribution in [0.4, 0.5) is 0 Å². The number of nitrogens with one attached hydrogen (secondary N) is 1. The summed E-state index contributed by atoms with van der Waals surface area (Å²) in [5.41, 5.74) is 3.64. The highest BCUT2D eigenvalue weighted by Crippen LogP contribution is 2.40. The average Bonchev–Trinajstić information content (AvgIpc) is 3.09. The van der Waals surface area contributed by atoms with E-state index in [2.05, 4.69) is 56.4 Å². The van der Waals surface area contributed by atoms with E-state index in [4.69, 9.17) is 0 Å². The Morgan fingerprint density at radius 3 is 2.80 bits per heavy atom. The average molecular weight is 337 g/mol. The molecule has 1 atom stereocenters. The van der Waals surface area contributed by atoms with Gasteiger partial charge in [0.05, 0.1) is 22.4 Å². The predicted molar refractivity (Wildman–Crippen MR) is 83.7 cm³/mol. The van der Waals surface area contributed by atoms with Crippen molar-refractivity contribution in [1.82, 2.24) is 19.7 Å². The Morgan fingerprint density at radius 2 is 2.25 bits per heavy atom. The van der Waals surface area contributed by atoms with Gasteiger partial charge in [-0.15, -0.1) is 0 Å². The monoisotopic (exact) mass is 336 g/mol. The van der Waals surface area contributed by atoms with Crippen LogP contribution in [0.3, 0.4) is 0 Å². The van der Waals surface area contributed by atoms with Crippen molar-refractivity contribution in [3.8, 4) is 0 Å². The molecular formula is C15H21BrN4. The van der Waals surface area contributed by atoms with Gasteiger partial charge in [-0.1, -0.05) is 0 Å². The van der Waals surface area contributed by atoms with E-state index in [9.17, 15) is 0 Å². The smallest absolute Gasteiger partial charge is 0.0739 e. The Bertz CT molecular complexity index is 609. The fourth-order valence-corrected chi connectivity index (χ4v) is 3.33. The molecule has 2 aromatic rings. The fraction of sp³-hybridized carbons (Fsp3) is 0.533. The SMILES string of the molecule is CNC(c1ccn(Cc2c(Br)c(C)nn2C)c1)C1CC1. The molecule has 0 spiro atoms. The standard InChI is InChI=1S/C15H21BrN4/c1-10-14(16)13(19(3)18-10)9-20-7-6-12(8-20)15(17-2)11-4-5-11/h6-8,11,15,17H,4-5,9H2,1-3H3. The molecule has 1 saturated carbocycles. The second-order valence-corrected chi connectivity index (χ2v) is 6.48. The highest BCUT2D eigenvalue weighted by molar-refractivity contribution is 9.10. The topological polar surface area (TPSA) is 34.8 Å². The summed E-state index contributed by atoms with van der Waals surface area (Å²) in [5, 5.41) is 7.89. The molecule has 2 heterocycles. The quantitative estimate of drug-likeness (QED) is 0.910. The number of halogens is 1. The van der Waals surface area contributed by atoms with Gasteiger partial charge in [0.15, 0.2) is 0 Å². The lowest BCUT2D eigenvalue weighted by Gasteiger charge is -2.13. The number of aromatic nitrogens is 3. The van der Waals surface area contributed by atoms with Gasteiger partial charge in [-0.3, -0.25) is 4.68 Å². The first-order valence-electron chi connectivity index (χ1n) is 7.11. The van der Waals surface area contributed by atoms with Gasteiger partial charge in [0, 0.05) is 25.5 Å². The molecule has 0 radical (unpaired) electrons. The van der Waals surface area contributed by atoms with E-state index in [1.807, 2.05) is 18.7 Å². The molecule has 0 bridgehead atoms. The van der Waals surface area contributed by atoms with Gasteiger partial charge in [0.1, 0.15) is 0 Å². The van der Waals surface area contributed by atoms with Crippen molar-refractivity contribution in [1.29, 1.82) is 0 Å². The normalized spacial score (nSPS) is 16.6. The first-order chi connectivity index (χ1) is 9.60. The van der Waals surface area contributed by atoms with Crippen LogP contribution >= 0.6 is 15.9 Å². The third-order valence-corrected chi connectivity index (χ3v) is 5.16. The number of hydrogen-bond donors (Lipinski definition) is 1. The van der Waals surface area contributed by atoms with Crippen LogP contribution in [0, 0.1) is 12.8 Å². The third kappa shape index (κ3) is 2.56. The molecule has 3 rings (SSSR count).